The van der Waals surface area contributed by atoms with Crippen LogP contribution >= 0.6 is 0 Å². The van der Waals surface area contributed by atoms with Crippen LogP contribution in [0.1, 0.15) is 48.8 Å². The largest absolute Gasteiger partial charge is 0.469 e. The lowest BCUT2D eigenvalue weighted by Gasteiger charge is -2.30. The quantitative estimate of drug-likeness (QED) is 0.296. The van der Waals surface area contributed by atoms with Gasteiger partial charge in [-0.3, -0.25) is 4.79 Å². The summed E-state index contributed by atoms with van der Waals surface area (Å²) in [4.78, 5) is 27.0. The summed E-state index contributed by atoms with van der Waals surface area (Å²) in [6.45, 7) is 1.72. The number of hydrogen-bond donors (Lipinski definition) is 1. The van der Waals surface area contributed by atoms with Crippen molar-refractivity contribution in [2.75, 3.05) is 18.6 Å². The van der Waals surface area contributed by atoms with Crippen molar-refractivity contribution < 1.29 is 22.7 Å². The van der Waals surface area contributed by atoms with E-state index in [2.05, 4.69) is 24.9 Å². The topological polar surface area (TPSA) is 80.2 Å². The van der Waals surface area contributed by atoms with Gasteiger partial charge in [-0.2, -0.15) is 13.2 Å². The highest BCUT2D eigenvalue weighted by Gasteiger charge is 2.30. The second-order valence-corrected chi connectivity index (χ2v) is 9.08. The number of hydrogen-bond acceptors (Lipinski definition) is 7. The molecule has 10 heteroatoms. The summed E-state index contributed by atoms with van der Waals surface area (Å²) in [5, 5.41) is 3.21. The van der Waals surface area contributed by atoms with Gasteiger partial charge in [0.05, 0.1) is 19.1 Å². The van der Waals surface area contributed by atoms with E-state index in [1.807, 2.05) is 18.3 Å². The number of alkyl halides is 3. The van der Waals surface area contributed by atoms with Crippen LogP contribution in [0, 0.1) is 0 Å². The Morgan fingerprint density at radius 3 is 2.27 bits per heavy atom. The Labute approximate surface area is 214 Å². The molecule has 0 spiro atoms. The average Bonchev–Trinajstić information content (AvgIpc) is 3.45. The van der Waals surface area contributed by atoms with E-state index >= 15 is 0 Å². The molecule has 4 rings (SSSR count). The first-order valence-corrected chi connectivity index (χ1v) is 12.3. The first kappa shape index (κ1) is 26.5. The fourth-order valence-electron chi connectivity index (χ4n) is 4.42. The maximum absolute atomic E-state index is 12.8. The molecule has 1 aromatic carbocycles. The van der Waals surface area contributed by atoms with Crippen molar-refractivity contribution in [1.29, 1.82) is 0 Å². The van der Waals surface area contributed by atoms with Gasteiger partial charge in [-0.1, -0.05) is 31.0 Å². The van der Waals surface area contributed by atoms with Gasteiger partial charge in [0.2, 0.25) is 0 Å². The normalized spacial score (nSPS) is 14.1. The Morgan fingerprint density at radius 2 is 1.68 bits per heavy atom. The lowest BCUT2D eigenvalue weighted by molar-refractivity contribution is -0.140. The lowest BCUT2D eigenvalue weighted by Crippen LogP contribution is -2.33. The molecule has 196 valence electrons. The monoisotopic (exact) mass is 513 g/mol. The van der Waals surface area contributed by atoms with Crippen molar-refractivity contribution in [3.63, 3.8) is 0 Å². The van der Waals surface area contributed by atoms with Crippen molar-refractivity contribution in [1.82, 2.24) is 20.3 Å². The number of anilines is 1. The van der Waals surface area contributed by atoms with Crippen molar-refractivity contribution >= 4 is 11.8 Å². The third kappa shape index (κ3) is 7.25. The number of carbonyl (C=O) groups is 1. The zero-order valence-corrected chi connectivity index (χ0v) is 20.7. The molecule has 37 heavy (non-hydrogen) atoms. The number of rotatable bonds is 10. The van der Waals surface area contributed by atoms with E-state index in [-0.39, 0.29) is 5.97 Å². The van der Waals surface area contributed by atoms with E-state index in [9.17, 15) is 18.0 Å². The molecular weight excluding hydrogens is 483 g/mol. The van der Waals surface area contributed by atoms with Crippen LogP contribution < -0.4 is 10.2 Å². The molecule has 1 N–H and O–H groups in total. The van der Waals surface area contributed by atoms with Crippen molar-refractivity contribution in [2.45, 2.75) is 57.4 Å². The van der Waals surface area contributed by atoms with E-state index in [0.29, 0.717) is 43.5 Å². The van der Waals surface area contributed by atoms with E-state index in [1.54, 1.807) is 12.4 Å². The zero-order valence-electron chi connectivity index (χ0n) is 20.7. The first-order chi connectivity index (χ1) is 17.8. The molecule has 1 saturated carbocycles. The molecule has 0 amide bonds. The summed E-state index contributed by atoms with van der Waals surface area (Å²) in [6.07, 6.45) is 5.75. The molecule has 2 heterocycles. The number of ether oxygens (including phenoxy) is 1. The highest BCUT2D eigenvalue weighted by atomic mass is 19.4. The van der Waals surface area contributed by atoms with Gasteiger partial charge in [0.1, 0.15) is 5.82 Å². The van der Waals surface area contributed by atoms with Gasteiger partial charge in [-0.15, -0.1) is 0 Å². The minimum Gasteiger partial charge on any atom is -0.469 e. The Balaban J connectivity index is 1.42. The maximum Gasteiger partial charge on any atom is 0.416 e. The van der Waals surface area contributed by atoms with Crippen LogP contribution in [0.2, 0.25) is 0 Å². The number of esters is 1. The zero-order chi connectivity index (χ0) is 26.3. The lowest BCUT2D eigenvalue weighted by atomic mass is 10.1. The predicted octanol–water partition coefficient (Wildman–Crippen LogP) is 5.16. The molecule has 3 aromatic rings. The molecule has 0 bridgehead atoms. The molecular formula is C27H30F3N5O2. The van der Waals surface area contributed by atoms with Crippen molar-refractivity contribution in [3.05, 3.63) is 71.7 Å². The summed E-state index contributed by atoms with van der Waals surface area (Å²) < 4.78 is 43.1. The molecule has 1 fully saturated rings. The van der Waals surface area contributed by atoms with Crippen LogP contribution in [-0.2, 0) is 28.8 Å². The summed E-state index contributed by atoms with van der Waals surface area (Å²) >= 11 is 0. The van der Waals surface area contributed by atoms with E-state index in [0.717, 1.165) is 41.9 Å². The third-order valence-electron chi connectivity index (χ3n) is 6.46. The summed E-state index contributed by atoms with van der Waals surface area (Å²) in [7, 11) is 1.38. The van der Waals surface area contributed by atoms with Crippen LogP contribution in [0.15, 0.2) is 55.0 Å². The SMILES string of the molecule is COC(=O)CCNCc1ccc(N(Cc2cnc(-c3ccc(C(F)(F)F)cc3)nc2)C2CCCC2)nc1. The number of halogens is 3. The van der Waals surface area contributed by atoms with Gasteiger partial charge in [0.15, 0.2) is 5.82 Å². The Morgan fingerprint density at radius 1 is 1.00 bits per heavy atom. The number of methoxy groups -OCH3 is 1. The first-order valence-electron chi connectivity index (χ1n) is 12.3. The standard InChI is InChI=1S/C27H30F3N5O2/c1-37-25(36)12-13-31-14-19-6-11-24(32-15-19)35(23-4-2-3-5-23)18-20-16-33-26(34-17-20)21-7-9-22(10-8-21)27(28,29)30/h6-11,15-17,23,31H,2-5,12-14,18H2,1H3. The minimum absolute atomic E-state index is 0.246. The van der Waals surface area contributed by atoms with Gasteiger partial charge in [-0.05, 0) is 36.6 Å². The number of aromatic nitrogens is 3. The van der Waals surface area contributed by atoms with Crippen molar-refractivity contribution in [3.8, 4) is 11.4 Å². The summed E-state index contributed by atoms with van der Waals surface area (Å²) in [5.41, 5.74) is 1.75. The second-order valence-electron chi connectivity index (χ2n) is 9.08. The molecule has 7 nitrogen and oxygen atoms in total. The molecule has 0 saturated heterocycles. The molecule has 2 aromatic heterocycles. The summed E-state index contributed by atoms with van der Waals surface area (Å²) in [6, 6.07) is 9.26. The maximum atomic E-state index is 12.8. The fourth-order valence-corrected chi connectivity index (χ4v) is 4.42. The van der Waals surface area contributed by atoms with E-state index in [4.69, 9.17) is 4.98 Å². The van der Waals surface area contributed by atoms with E-state index in [1.165, 1.54) is 32.1 Å². The van der Waals surface area contributed by atoms with Gasteiger partial charge in [0.25, 0.3) is 0 Å². The predicted molar refractivity (Wildman–Crippen MR) is 133 cm³/mol. The molecule has 0 atom stereocenters. The number of nitrogens with zero attached hydrogens (tertiary/aromatic N) is 4. The Bertz CT molecular complexity index is 1150. The van der Waals surface area contributed by atoms with Crippen molar-refractivity contribution in [2.24, 2.45) is 0 Å². The van der Waals surface area contributed by atoms with Crippen LogP contribution in [0.25, 0.3) is 11.4 Å². The summed E-state index contributed by atoms with van der Waals surface area (Å²) in [5.74, 6) is 1.01. The number of benzene rings is 1. The average molecular weight is 514 g/mol. The number of carbonyl (C=O) groups excluding carboxylic acids is 1. The van der Waals surface area contributed by atoms with Gasteiger partial charge < -0.3 is 15.0 Å². The molecule has 0 aliphatic heterocycles. The number of nitrogens with one attached hydrogen (secondary N) is 1. The van der Waals surface area contributed by atoms with Crippen LogP contribution in [0.3, 0.4) is 0 Å². The van der Waals surface area contributed by atoms with Gasteiger partial charge >= 0.3 is 12.1 Å². The smallest absolute Gasteiger partial charge is 0.416 e. The van der Waals surface area contributed by atoms with Crippen LogP contribution in [0.4, 0.5) is 19.0 Å². The van der Waals surface area contributed by atoms with E-state index < -0.39 is 11.7 Å². The Kier molecular flexibility index (Phi) is 8.70. The minimum atomic E-state index is -4.37. The molecule has 1 aliphatic rings. The molecule has 0 radical (unpaired) electrons. The fraction of sp³-hybridized carbons (Fsp3) is 0.407. The Hall–Kier alpha value is -3.53. The van der Waals surface area contributed by atoms with Crippen LogP contribution in [-0.4, -0.2) is 40.6 Å². The van der Waals surface area contributed by atoms with Gasteiger partial charge in [0, 0.05) is 55.4 Å². The third-order valence-corrected chi connectivity index (χ3v) is 6.46. The molecule has 0 unspecified atom stereocenters. The molecule has 1 aliphatic carbocycles. The number of pyridine rings is 1. The highest BCUT2D eigenvalue weighted by Crippen LogP contribution is 2.31. The van der Waals surface area contributed by atoms with Crippen LogP contribution in [0.5, 0.6) is 0 Å². The highest BCUT2D eigenvalue weighted by molar-refractivity contribution is 5.69. The van der Waals surface area contributed by atoms with Gasteiger partial charge in [-0.25, -0.2) is 15.0 Å². The second kappa shape index (κ2) is 12.1.